The number of hydrogen-bond donors (Lipinski definition) is 1. The third-order valence-corrected chi connectivity index (χ3v) is 5.95. The average Bonchev–Trinajstić information content (AvgIpc) is 2.86. The first kappa shape index (κ1) is 26.1. The van der Waals surface area contributed by atoms with Crippen LogP contribution in [0.2, 0.25) is 5.02 Å². The summed E-state index contributed by atoms with van der Waals surface area (Å²) in [6, 6.07) is 15.1. The zero-order valence-corrected chi connectivity index (χ0v) is 20.5. The van der Waals surface area contributed by atoms with E-state index >= 15 is 0 Å². The molecule has 0 bridgehead atoms. The van der Waals surface area contributed by atoms with Crippen molar-refractivity contribution in [1.29, 1.82) is 0 Å². The molecule has 0 aliphatic carbocycles. The van der Waals surface area contributed by atoms with Gasteiger partial charge in [-0.2, -0.15) is 13.2 Å². The van der Waals surface area contributed by atoms with Gasteiger partial charge < -0.3 is 19.2 Å². The molecule has 192 valence electrons. The molecule has 0 unspecified atom stereocenters. The number of hydrogen-bond acceptors (Lipinski definition) is 5. The van der Waals surface area contributed by atoms with E-state index in [9.17, 15) is 22.8 Å². The molecule has 0 aliphatic heterocycles. The predicted molar refractivity (Wildman–Crippen MR) is 134 cm³/mol. The van der Waals surface area contributed by atoms with Gasteiger partial charge in [0.2, 0.25) is 11.2 Å². The second-order valence-corrected chi connectivity index (χ2v) is 8.50. The fraction of sp³-hybridized carbons (Fsp3) is 0.185. The molecule has 0 saturated carbocycles. The first-order chi connectivity index (χ1) is 17.6. The number of carbonyl (C=O) groups excluding carboxylic acids is 1. The Morgan fingerprint density at radius 2 is 1.76 bits per heavy atom. The van der Waals surface area contributed by atoms with E-state index in [0.29, 0.717) is 16.3 Å². The van der Waals surface area contributed by atoms with Crippen LogP contribution in [0.1, 0.15) is 23.8 Å². The number of aryl methyl sites for hydroxylation is 1. The van der Waals surface area contributed by atoms with Crippen molar-refractivity contribution in [2.45, 2.75) is 26.4 Å². The molecule has 3 aromatic carbocycles. The van der Waals surface area contributed by atoms with Gasteiger partial charge in [0.05, 0.1) is 5.39 Å². The number of halogens is 4. The van der Waals surface area contributed by atoms with Gasteiger partial charge in [-0.15, -0.1) is 0 Å². The van der Waals surface area contributed by atoms with Gasteiger partial charge in [0, 0.05) is 16.8 Å². The molecule has 1 amide bonds. The molecule has 0 fully saturated rings. The van der Waals surface area contributed by atoms with Crippen molar-refractivity contribution in [3.63, 3.8) is 0 Å². The van der Waals surface area contributed by atoms with Crippen LogP contribution in [-0.2, 0) is 17.4 Å². The van der Waals surface area contributed by atoms with Crippen molar-refractivity contribution in [2.75, 3.05) is 11.9 Å². The monoisotopic (exact) mass is 531 g/mol. The Balaban J connectivity index is 1.59. The molecule has 0 radical (unpaired) electrons. The van der Waals surface area contributed by atoms with Gasteiger partial charge in [0.15, 0.2) is 6.61 Å². The molecule has 0 spiro atoms. The molecule has 0 saturated heterocycles. The highest BCUT2D eigenvalue weighted by Crippen LogP contribution is 2.38. The summed E-state index contributed by atoms with van der Waals surface area (Å²) < 4.78 is 57.2. The zero-order chi connectivity index (χ0) is 26.7. The average molecular weight is 532 g/mol. The summed E-state index contributed by atoms with van der Waals surface area (Å²) in [5.74, 6) is -2.95. The van der Waals surface area contributed by atoms with Crippen molar-refractivity contribution in [2.24, 2.45) is 0 Å². The van der Waals surface area contributed by atoms with Crippen molar-refractivity contribution < 1.29 is 31.9 Å². The fourth-order valence-corrected chi connectivity index (χ4v) is 3.69. The van der Waals surface area contributed by atoms with E-state index in [1.165, 1.54) is 24.3 Å². The highest BCUT2D eigenvalue weighted by Gasteiger charge is 2.40. The standard InChI is InChI=1S/C27H21ClF3NO5/c1-3-16-7-9-17(10-8-16)36-25-24(34)19-12-11-18(13-22(19)37-26(25)27(29,30)31)35-14-23(33)32-21-6-4-5-20(28)15(21)2/h4-13H,3,14H2,1-2H3,(H,32,33). The number of benzene rings is 3. The summed E-state index contributed by atoms with van der Waals surface area (Å²) in [4.78, 5) is 25.3. The van der Waals surface area contributed by atoms with Gasteiger partial charge in [-0.1, -0.05) is 36.7 Å². The Labute approximate surface area is 214 Å². The lowest BCUT2D eigenvalue weighted by atomic mass is 10.1. The molecule has 10 heteroatoms. The highest BCUT2D eigenvalue weighted by molar-refractivity contribution is 6.31. The van der Waals surface area contributed by atoms with E-state index in [-0.39, 0.29) is 22.5 Å². The smallest absolute Gasteiger partial charge is 0.453 e. The summed E-state index contributed by atoms with van der Waals surface area (Å²) in [7, 11) is 0. The van der Waals surface area contributed by atoms with E-state index in [1.807, 2.05) is 6.92 Å². The summed E-state index contributed by atoms with van der Waals surface area (Å²) in [6.45, 7) is 3.23. The van der Waals surface area contributed by atoms with Gasteiger partial charge in [-0.3, -0.25) is 9.59 Å². The van der Waals surface area contributed by atoms with E-state index in [1.54, 1.807) is 37.3 Å². The number of rotatable bonds is 7. The molecule has 0 atom stereocenters. The van der Waals surface area contributed by atoms with Gasteiger partial charge in [-0.25, -0.2) is 0 Å². The molecule has 1 N–H and O–H groups in total. The van der Waals surface area contributed by atoms with Crippen LogP contribution in [-0.4, -0.2) is 12.5 Å². The molecular weight excluding hydrogens is 511 g/mol. The van der Waals surface area contributed by atoms with Crippen LogP contribution in [0.3, 0.4) is 0 Å². The number of ether oxygens (including phenoxy) is 2. The van der Waals surface area contributed by atoms with E-state index in [0.717, 1.165) is 18.1 Å². The Morgan fingerprint density at radius 3 is 2.43 bits per heavy atom. The quantitative estimate of drug-likeness (QED) is 0.274. The molecule has 4 rings (SSSR count). The molecule has 37 heavy (non-hydrogen) atoms. The number of anilines is 1. The van der Waals surface area contributed by atoms with Gasteiger partial charge in [0.1, 0.15) is 17.1 Å². The van der Waals surface area contributed by atoms with Gasteiger partial charge >= 0.3 is 6.18 Å². The minimum Gasteiger partial charge on any atom is -0.484 e. The highest BCUT2D eigenvalue weighted by atomic mass is 35.5. The van der Waals surface area contributed by atoms with Crippen molar-refractivity contribution in [1.82, 2.24) is 0 Å². The minimum absolute atomic E-state index is 0.0329. The summed E-state index contributed by atoms with van der Waals surface area (Å²) in [5.41, 5.74) is 0.766. The Kier molecular flexibility index (Phi) is 7.45. The Hall–Kier alpha value is -3.98. The summed E-state index contributed by atoms with van der Waals surface area (Å²) in [6.07, 6.45) is -4.27. The Bertz CT molecular complexity index is 1510. The van der Waals surface area contributed by atoms with E-state index in [4.69, 9.17) is 25.5 Å². The maximum Gasteiger partial charge on any atom is 0.453 e. The number of carbonyl (C=O) groups is 1. The summed E-state index contributed by atoms with van der Waals surface area (Å²) in [5, 5.41) is 2.98. The van der Waals surface area contributed by atoms with E-state index < -0.39 is 35.6 Å². The first-order valence-corrected chi connectivity index (χ1v) is 11.6. The second-order valence-electron chi connectivity index (χ2n) is 8.09. The molecule has 4 aromatic rings. The normalized spacial score (nSPS) is 11.4. The third kappa shape index (κ3) is 5.89. The zero-order valence-electron chi connectivity index (χ0n) is 19.7. The van der Waals surface area contributed by atoms with E-state index in [2.05, 4.69) is 5.32 Å². The van der Waals surface area contributed by atoms with Crippen LogP contribution < -0.4 is 20.2 Å². The maximum absolute atomic E-state index is 13.8. The van der Waals surface area contributed by atoms with Crippen LogP contribution in [0, 0.1) is 6.92 Å². The number of amides is 1. The van der Waals surface area contributed by atoms with Crippen molar-refractivity contribution >= 4 is 34.2 Å². The van der Waals surface area contributed by atoms with Gasteiger partial charge in [0.25, 0.3) is 11.7 Å². The largest absolute Gasteiger partial charge is 0.484 e. The maximum atomic E-state index is 13.8. The molecule has 1 aromatic heterocycles. The fourth-order valence-electron chi connectivity index (χ4n) is 3.51. The molecular formula is C27H21ClF3NO5. The lowest BCUT2D eigenvalue weighted by Crippen LogP contribution is -2.20. The number of fused-ring (bicyclic) bond motifs is 1. The van der Waals surface area contributed by atoms with Crippen molar-refractivity contribution in [3.8, 4) is 17.2 Å². The third-order valence-electron chi connectivity index (χ3n) is 5.54. The van der Waals surface area contributed by atoms with Crippen LogP contribution in [0.25, 0.3) is 11.0 Å². The van der Waals surface area contributed by atoms with Crippen molar-refractivity contribution in [3.05, 3.63) is 92.8 Å². The molecule has 0 aliphatic rings. The number of nitrogens with one attached hydrogen (secondary N) is 1. The van der Waals surface area contributed by atoms with Gasteiger partial charge in [-0.05, 0) is 60.9 Å². The number of alkyl halides is 3. The molecule has 6 nitrogen and oxygen atoms in total. The SMILES string of the molecule is CCc1ccc(Oc2c(C(F)(F)F)oc3cc(OCC(=O)Nc4cccc(Cl)c4C)ccc3c2=O)cc1. The lowest BCUT2D eigenvalue weighted by Gasteiger charge is -2.14. The lowest BCUT2D eigenvalue weighted by molar-refractivity contribution is -0.154. The van der Waals surface area contributed by atoms with Crippen LogP contribution in [0.5, 0.6) is 17.2 Å². The second kappa shape index (κ2) is 10.6. The van der Waals surface area contributed by atoms with Crippen LogP contribution >= 0.6 is 11.6 Å². The topological polar surface area (TPSA) is 77.8 Å². The van der Waals surface area contributed by atoms with Crippen LogP contribution in [0.15, 0.2) is 69.9 Å². The molecule has 1 heterocycles. The first-order valence-electron chi connectivity index (χ1n) is 11.2. The summed E-state index contributed by atoms with van der Waals surface area (Å²) >= 11 is 6.04. The Morgan fingerprint density at radius 1 is 1.05 bits per heavy atom. The predicted octanol–water partition coefficient (Wildman–Crippen LogP) is 7.15. The minimum atomic E-state index is -5.00. The van der Waals surface area contributed by atoms with Crippen LogP contribution in [0.4, 0.5) is 18.9 Å².